The van der Waals surface area contributed by atoms with Gasteiger partial charge in [0, 0.05) is 40.8 Å². The van der Waals surface area contributed by atoms with Gasteiger partial charge in [-0.3, -0.25) is 9.69 Å². The second-order valence-corrected chi connectivity index (χ2v) is 8.70. The lowest BCUT2D eigenvalue weighted by atomic mass is 10.2. The van der Waals surface area contributed by atoms with Crippen LogP contribution >= 0.6 is 46.9 Å². The lowest BCUT2D eigenvalue weighted by Gasteiger charge is -2.24. The highest BCUT2D eigenvalue weighted by Crippen LogP contribution is 2.37. The van der Waals surface area contributed by atoms with Crippen LogP contribution in [0.1, 0.15) is 24.2 Å². The molecule has 6 nitrogen and oxygen atoms in total. The number of hydrogen-bond acceptors (Lipinski definition) is 6. The van der Waals surface area contributed by atoms with Gasteiger partial charge in [-0.25, -0.2) is 4.98 Å². The summed E-state index contributed by atoms with van der Waals surface area (Å²) in [5.41, 5.74) is 1.16. The summed E-state index contributed by atoms with van der Waals surface area (Å²) in [6.45, 7) is 7.20. The summed E-state index contributed by atoms with van der Waals surface area (Å²) in [5.74, 6) is 1.01. The van der Waals surface area contributed by atoms with Crippen LogP contribution in [0, 0.1) is 0 Å². The molecule has 1 aromatic heterocycles. The van der Waals surface area contributed by atoms with Gasteiger partial charge in [-0.2, -0.15) is 0 Å². The van der Waals surface area contributed by atoms with Gasteiger partial charge in [0.1, 0.15) is 0 Å². The largest absolute Gasteiger partial charge is 0.493 e. The van der Waals surface area contributed by atoms with Crippen molar-refractivity contribution in [3.05, 3.63) is 45.9 Å². The van der Waals surface area contributed by atoms with E-state index in [1.54, 1.807) is 37.3 Å². The van der Waals surface area contributed by atoms with Gasteiger partial charge >= 0.3 is 0 Å². The number of carbonyl (C=O) groups excluding carboxylic acids is 1. The number of benzene rings is 2. The number of likely N-dealkylation sites (N-methyl/N-ethyl adjacent to an activating group) is 1. The van der Waals surface area contributed by atoms with Crippen LogP contribution < -0.4 is 14.4 Å². The van der Waals surface area contributed by atoms with E-state index in [1.165, 1.54) is 11.3 Å². The van der Waals surface area contributed by atoms with E-state index in [-0.39, 0.29) is 18.3 Å². The number of aromatic nitrogens is 1. The number of fused-ring (bicyclic) bond motifs is 1. The molecule has 10 heteroatoms. The fourth-order valence-corrected chi connectivity index (χ4v) is 4.78. The van der Waals surface area contributed by atoms with Gasteiger partial charge in [0.15, 0.2) is 16.6 Å². The predicted octanol–water partition coefficient (Wildman–Crippen LogP) is 6.03. The summed E-state index contributed by atoms with van der Waals surface area (Å²) in [7, 11) is 3.17. The predicted molar refractivity (Wildman–Crippen MR) is 136 cm³/mol. The molecule has 0 aliphatic rings. The number of ether oxygens (including phenoxy) is 2. The van der Waals surface area contributed by atoms with Gasteiger partial charge in [0.05, 0.1) is 24.4 Å². The van der Waals surface area contributed by atoms with Gasteiger partial charge < -0.3 is 14.4 Å². The van der Waals surface area contributed by atoms with Gasteiger partial charge in [0.25, 0.3) is 5.91 Å². The Labute approximate surface area is 208 Å². The summed E-state index contributed by atoms with van der Waals surface area (Å²) < 4.78 is 11.7. The molecule has 174 valence electrons. The van der Waals surface area contributed by atoms with Crippen molar-refractivity contribution < 1.29 is 14.3 Å². The number of halogens is 3. The molecule has 32 heavy (non-hydrogen) atoms. The van der Waals surface area contributed by atoms with E-state index in [9.17, 15) is 4.79 Å². The molecule has 0 saturated carbocycles. The number of nitrogens with zero attached hydrogens (tertiary/aromatic N) is 3. The third-order valence-corrected chi connectivity index (χ3v) is 6.48. The minimum Gasteiger partial charge on any atom is -0.493 e. The Morgan fingerprint density at radius 2 is 1.56 bits per heavy atom. The second-order valence-electron chi connectivity index (χ2n) is 6.81. The molecule has 1 heterocycles. The Morgan fingerprint density at radius 1 is 0.969 bits per heavy atom. The maximum Gasteiger partial charge on any atom is 0.260 e. The van der Waals surface area contributed by atoms with E-state index in [4.69, 9.17) is 37.7 Å². The van der Waals surface area contributed by atoms with Crippen molar-refractivity contribution in [2.24, 2.45) is 0 Å². The van der Waals surface area contributed by atoms with E-state index in [1.807, 2.05) is 12.1 Å². The molecule has 0 saturated heterocycles. The highest BCUT2D eigenvalue weighted by Gasteiger charge is 2.23. The first-order valence-electron chi connectivity index (χ1n) is 9.93. The number of rotatable bonds is 9. The van der Waals surface area contributed by atoms with E-state index < -0.39 is 0 Å². The molecule has 0 aliphatic heterocycles. The van der Waals surface area contributed by atoms with E-state index in [0.717, 1.165) is 29.9 Å². The number of thiazole rings is 1. The van der Waals surface area contributed by atoms with Crippen LogP contribution in [0.15, 0.2) is 30.3 Å². The lowest BCUT2D eigenvalue weighted by molar-refractivity contribution is 0.0984. The first kappa shape index (κ1) is 26.5. The molecule has 3 aromatic rings. The summed E-state index contributed by atoms with van der Waals surface area (Å²) in [5, 5.41) is 1.43. The molecule has 0 fully saturated rings. The highest BCUT2D eigenvalue weighted by molar-refractivity contribution is 7.22. The number of hydrogen-bond donors (Lipinski definition) is 0. The first-order valence-corrected chi connectivity index (χ1v) is 11.5. The van der Waals surface area contributed by atoms with Crippen molar-refractivity contribution in [2.75, 3.05) is 45.3 Å². The van der Waals surface area contributed by atoms with Crippen LogP contribution in [-0.2, 0) is 0 Å². The average Bonchev–Trinajstić information content (AvgIpc) is 3.17. The molecular weight excluding hydrogens is 493 g/mol. The zero-order valence-corrected chi connectivity index (χ0v) is 21.5. The molecule has 0 bridgehead atoms. The fourth-order valence-electron chi connectivity index (χ4n) is 3.26. The standard InChI is InChI=1S/C22H25Cl2N3O3S.ClH/c1-5-26(6-2)7-8-27(21(28)14-9-15(23)11-16(24)10-14)22-25-17-12-18(29-3)19(30-4)13-20(17)31-22;/h9-13H,5-8H2,1-4H3;1H. The molecule has 3 rings (SSSR count). The van der Waals surface area contributed by atoms with Crippen LogP contribution in [0.5, 0.6) is 11.5 Å². The highest BCUT2D eigenvalue weighted by atomic mass is 35.5. The first-order chi connectivity index (χ1) is 14.9. The van der Waals surface area contributed by atoms with Crippen molar-refractivity contribution in [1.82, 2.24) is 9.88 Å². The Balaban J connectivity index is 0.00000363. The van der Waals surface area contributed by atoms with Gasteiger partial charge in [0.2, 0.25) is 0 Å². The van der Waals surface area contributed by atoms with Crippen molar-refractivity contribution in [3.63, 3.8) is 0 Å². The zero-order chi connectivity index (χ0) is 22.5. The van der Waals surface area contributed by atoms with E-state index in [0.29, 0.717) is 38.8 Å². The third kappa shape index (κ3) is 5.97. The summed E-state index contributed by atoms with van der Waals surface area (Å²) in [6, 6.07) is 8.55. The third-order valence-electron chi connectivity index (χ3n) is 5.00. The topological polar surface area (TPSA) is 54.9 Å². The quantitative estimate of drug-likeness (QED) is 0.346. The van der Waals surface area contributed by atoms with Crippen LogP contribution in [0.25, 0.3) is 10.2 Å². The van der Waals surface area contributed by atoms with E-state index >= 15 is 0 Å². The molecule has 1 amide bonds. The van der Waals surface area contributed by atoms with Crippen LogP contribution in [0.3, 0.4) is 0 Å². The molecule has 0 aliphatic carbocycles. The molecule has 0 atom stereocenters. The summed E-state index contributed by atoms with van der Waals surface area (Å²) in [6.07, 6.45) is 0. The van der Waals surface area contributed by atoms with Gasteiger partial charge in [-0.15, -0.1) is 12.4 Å². The number of anilines is 1. The zero-order valence-electron chi connectivity index (χ0n) is 18.4. The van der Waals surface area contributed by atoms with E-state index in [2.05, 4.69) is 18.7 Å². The summed E-state index contributed by atoms with van der Waals surface area (Å²) >= 11 is 13.7. The minimum absolute atomic E-state index is 0. The van der Waals surface area contributed by atoms with Crippen molar-refractivity contribution >= 4 is 68.2 Å². The Hall–Kier alpha value is -1.77. The number of amides is 1. The Bertz CT molecular complexity index is 1010. The average molecular weight is 519 g/mol. The van der Waals surface area contributed by atoms with Crippen LogP contribution in [0.2, 0.25) is 10.0 Å². The molecule has 2 aromatic carbocycles. The monoisotopic (exact) mass is 517 g/mol. The van der Waals surface area contributed by atoms with Crippen molar-refractivity contribution in [1.29, 1.82) is 0 Å². The van der Waals surface area contributed by atoms with Crippen molar-refractivity contribution in [3.8, 4) is 11.5 Å². The SMILES string of the molecule is CCN(CC)CCN(C(=O)c1cc(Cl)cc(Cl)c1)c1nc2cc(OC)c(OC)cc2s1.Cl. The smallest absolute Gasteiger partial charge is 0.260 e. The maximum absolute atomic E-state index is 13.5. The molecule has 0 radical (unpaired) electrons. The molecule has 0 unspecified atom stereocenters. The molecule has 0 spiro atoms. The fraction of sp³-hybridized carbons (Fsp3) is 0.364. The van der Waals surface area contributed by atoms with Gasteiger partial charge in [-0.1, -0.05) is 48.4 Å². The number of methoxy groups -OCH3 is 2. The molecule has 0 N–H and O–H groups in total. The van der Waals surface area contributed by atoms with Crippen LogP contribution in [0.4, 0.5) is 5.13 Å². The minimum atomic E-state index is -0.199. The lowest BCUT2D eigenvalue weighted by Crippen LogP contribution is -2.38. The Kier molecular flexibility index (Phi) is 9.85. The Morgan fingerprint density at radius 3 is 2.12 bits per heavy atom. The second kappa shape index (κ2) is 11.9. The number of carbonyl (C=O) groups is 1. The normalized spacial score (nSPS) is 10.8. The molecular formula is C22H26Cl3N3O3S. The van der Waals surface area contributed by atoms with Gasteiger partial charge in [-0.05, 0) is 31.3 Å². The summed E-state index contributed by atoms with van der Waals surface area (Å²) in [4.78, 5) is 22.1. The maximum atomic E-state index is 13.5. The van der Waals surface area contributed by atoms with Crippen molar-refractivity contribution in [2.45, 2.75) is 13.8 Å². The van der Waals surface area contributed by atoms with Crippen LogP contribution in [-0.4, -0.2) is 56.2 Å².